The van der Waals surface area contributed by atoms with Gasteiger partial charge in [0.15, 0.2) is 0 Å². The van der Waals surface area contributed by atoms with E-state index in [9.17, 15) is 9.90 Å². The van der Waals surface area contributed by atoms with Gasteiger partial charge in [-0.25, -0.2) is 4.98 Å². The van der Waals surface area contributed by atoms with Crippen molar-refractivity contribution in [2.45, 2.75) is 56.9 Å². The van der Waals surface area contributed by atoms with Crippen molar-refractivity contribution in [3.63, 3.8) is 0 Å². The SMILES string of the molecule is CC(=O)N[C@H]1CC2(CCN(Cc3cncn3C)CC2)OC[C@]1(C)O. The van der Waals surface area contributed by atoms with Crippen LogP contribution in [0.25, 0.3) is 0 Å². The molecule has 0 radical (unpaired) electrons. The van der Waals surface area contributed by atoms with Gasteiger partial charge in [0, 0.05) is 39.8 Å². The Labute approximate surface area is 143 Å². The van der Waals surface area contributed by atoms with Crippen molar-refractivity contribution in [1.29, 1.82) is 0 Å². The fourth-order valence-corrected chi connectivity index (χ4v) is 3.74. The Bertz CT molecular complexity index is 590. The van der Waals surface area contributed by atoms with Crippen molar-refractivity contribution in [1.82, 2.24) is 19.8 Å². The van der Waals surface area contributed by atoms with Crippen LogP contribution in [0.3, 0.4) is 0 Å². The minimum atomic E-state index is -1.01. The number of carbonyl (C=O) groups excluding carboxylic acids is 1. The number of hydrogen-bond donors (Lipinski definition) is 2. The van der Waals surface area contributed by atoms with Crippen LogP contribution in [-0.2, 0) is 23.1 Å². The van der Waals surface area contributed by atoms with E-state index in [2.05, 4.69) is 15.2 Å². The molecule has 1 aromatic rings. The predicted octanol–water partition coefficient (Wildman–Crippen LogP) is 0.431. The quantitative estimate of drug-likeness (QED) is 0.837. The van der Waals surface area contributed by atoms with Gasteiger partial charge in [-0.2, -0.15) is 0 Å². The maximum absolute atomic E-state index is 11.5. The summed E-state index contributed by atoms with van der Waals surface area (Å²) in [6.07, 6.45) is 6.23. The summed E-state index contributed by atoms with van der Waals surface area (Å²) in [7, 11) is 2.01. The number of aliphatic hydroxyl groups is 1. The standard InChI is InChI=1S/C17H28N4O3/c1-13(22)19-15-8-17(24-11-16(15,2)23)4-6-21(7-5-17)10-14-9-18-12-20(14)3/h9,12,15,23H,4-8,10-11H2,1-3H3,(H,19,22)/t15-,16-/m0/s1. The summed E-state index contributed by atoms with van der Waals surface area (Å²) < 4.78 is 8.14. The highest BCUT2D eigenvalue weighted by Gasteiger charge is 2.48. The summed E-state index contributed by atoms with van der Waals surface area (Å²) >= 11 is 0. The number of amides is 1. The monoisotopic (exact) mass is 336 g/mol. The number of imidazole rings is 1. The smallest absolute Gasteiger partial charge is 0.217 e. The van der Waals surface area contributed by atoms with Crippen LogP contribution in [0.5, 0.6) is 0 Å². The second-order valence-electron chi connectivity index (χ2n) is 7.56. The lowest BCUT2D eigenvalue weighted by Gasteiger charge is -2.50. The molecule has 2 aliphatic rings. The second-order valence-corrected chi connectivity index (χ2v) is 7.56. The van der Waals surface area contributed by atoms with E-state index in [1.165, 1.54) is 12.6 Å². The normalized spacial score (nSPS) is 30.4. The molecule has 7 heteroatoms. The first-order valence-corrected chi connectivity index (χ1v) is 8.61. The highest BCUT2D eigenvalue weighted by molar-refractivity contribution is 5.73. The number of nitrogens with one attached hydrogen (secondary N) is 1. The Morgan fingerprint density at radius 2 is 2.21 bits per heavy atom. The van der Waals surface area contributed by atoms with Crippen LogP contribution in [0.15, 0.2) is 12.5 Å². The van der Waals surface area contributed by atoms with Crippen LogP contribution in [0.1, 0.15) is 38.8 Å². The van der Waals surface area contributed by atoms with Gasteiger partial charge < -0.3 is 19.7 Å². The number of carbonyl (C=O) groups is 1. The average Bonchev–Trinajstić information content (AvgIpc) is 2.91. The summed E-state index contributed by atoms with van der Waals surface area (Å²) in [6.45, 7) is 6.27. The van der Waals surface area contributed by atoms with Gasteiger partial charge in [0.25, 0.3) is 0 Å². The molecule has 2 fully saturated rings. The molecule has 0 aromatic carbocycles. The highest BCUT2D eigenvalue weighted by atomic mass is 16.5. The minimum Gasteiger partial charge on any atom is -0.386 e. The Balaban J connectivity index is 1.60. The van der Waals surface area contributed by atoms with Crippen LogP contribution >= 0.6 is 0 Å². The minimum absolute atomic E-state index is 0.106. The van der Waals surface area contributed by atoms with E-state index in [-0.39, 0.29) is 24.2 Å². The van der Waals surface area contributed by atoms with Crippen molar-refractivity contribution in [3.05, 3.63) is 18.2 Å². The maximum Gasteiger partial charge on any atom is 0.217 e. The van der Waals surface area contributed by atoms with Gasteiger partial charge in [0.2, 0.25) is 5.91 Å². The third-order valence-electron chi connectivity index (χ3n) is 5.44. The number of aryl methyl sites for hydroxylation is 1. The zero-order valence-electron chi connectivity index (χ0n) is 14.8. The van der Waals surface area contributed by atoms with Gasteiger partial charge in [-0.05, 0) is 26.2 Å². The van der Waals surface area contributed by atoms with Crippen molar-refractivity contribution >= 4 is 5.91 Å². The molecule has 1 amide bonds. The number of hydrogen-bond acceptors (Lipinski definition) is 5. The Morgan fingerprint density at radius 3 is 2.79 bits per heavy atom. The lowest BCUT2D eigenvalue weighted by Crippen LogP contribution is -2.63. The molecule has 134 valence electrons. The van der Waals surface area contributed by atoms with Gasteiger partial charge >= 0.3 is 0 Å². The van der Waals surface area contributed by atoms with Crippen LogP contribution in [0.2, 0.25) is 0 Å². The molecule has 3 heterocycles. The van der Waals surface area contributed by atoms with Crippen LogP contribution < -0.4 is 5.32 Å². The molecule has 0 bridgehead atoms. The first kappa shape index (κ1) is 17.4. The fraction of sp³-hybridized carbons (Fsp3) is 0.765. The molecule has 0 unspecified atom stereocenters. The molecule has 7 nitrogen and oxygen atoms in total. The van der Waals surface area contributed by atoms with E-state index in [1.54, 1.807) is 6.92 Å². The summed E-state index contributed by atoms with van der Waals surface area (Å²) in [6, 6.07) is -0.257. The molecule has 2 aliphatic heterocycles. The van der Waals surface area contributed by atoms with E-state index in [0.29, 0.717) is 6.42 Å². The summed E-state index contributed by atoms with van der Waals surface area (Å²) in [4.78, 5) is 18.0. The van der Waals surface area contributed by atoms with Crippen LogP contribution in [-0.4, -0.2) is 62.4 Å². The van der Waals surface area contributed by atoms with Crippen LogP contribution in [0.4, 0.5) is 0 Å². The molecular weight excluding hydrogens is 308 g/mol. The van der Waals surface area contributed by atoms with Crippen molar-refractivity contribution in [2.24, 2.45) is 7.05 Å². The zero-order valence-corrected chi connectivity index (χ0v) is 14.8. The third kappa shape index (κ3) is 3.63. The van der Waals surface area contributed by atoms with Crippen LogP contribution in [0, 0.1) is 0 Å². The summed E-state index contributed by atoms with van der Waals surface area (Å²) in [5, 5.41) is 13.4. The third-order valence-corrected chi connectivity index (χ3v) is 5.44. The summed E-state index contributed by atoms with van der Waals surface area (Å²) in [5.41, 5.74) is -0.0456. The average molecular weight is 336 g/mol. The zero-order chi connectivity index (χ0) is 17.4. The molecule has 1 spiro atoms. The number of rotatable bonds is 3. The molecule has 0 aliphatic carbocycles. The van der Waals surface area contributed by atoms with Gasteiger partial charge in [-0.1, -0.05) is 0 Å². The number of aromatic nitrogens is 2. The molecular formula is C17H28N4O3. The molecule has 2 N–H and O–H groups in total. The van der Waals surface area contributed by atoms with Crippen molar-refractivity contribution in [3.8, 4) is 0 Å². The van der Waals surface area contributed by atoms with E-state index >= 15 is 0 Å². The van der Waals surface area contributed by atoms with E-state index < -0.39 is 5.60 Å². The lowest BCUT2D eigenvalue weighted by atomic mass is 9.77. The van der Waals surface area contributed by atoms with Gasteiger partial charge in [0.1, 0.15) is 5.60 Å². The van der Waals surface area contributed by atoms with Gasteiger partial charge in [-0.3, -0.25) is 9.69 Å². The molecule has 0 saturated carbocycles. The molecule has 1 aromatic heterocycles. The first-order valence-electron chi connectivity index (χ1n) is 8.61. The van der Waals surface area contributed by atoms with E-state index in [4.69, 9.17) is 4.74 Å². The Hall–Kier alpha value is -1.44. The number of likely N-dealkylation sites (tertiary alicyclic amines) is 1. The number of ether oxygens (including phenoxy) is 1. The van der Waals surface area contributed by atoms with E-state index in [1.807, 2.05) is 24.1 Å². The lowest BCUT2D eigenvalue weighted by molar-refractivity contribution is -0.193. The molecule has 2 atom stereocenters. The maximum atomic E-state index is 11.5. The molecule has 2 saturated heterocycles. The summed E-state index contributed by atoms with van der Waals surface area (Å²) in [5.74, 6) is -0.106. The van der Waals surface area contributed by atoms with Gasteiger partial charge in [0.05, 0.1) is 30.3 Å². The molecule has 24 heavy (non-hydrogen) atoms. The second kappa shape index (κ2) is 6.46. The Morgan fingerprint density at radius 1 is 1.50 bits per heavy atom. The topological polar surface area (TPSA) is 79.6 Å². The first-order chi connectivity index (χ1) is 11.3. The van der Waals surface area contributed by atoms with Crippen molar-refractivity contribution < 1.29 is 14.6 Å². The van der Waals surface area contributed by atoms with Crippen molar-refractivity contribution in [2.75, 3.05) is 19.7 Å². The number of piperidine rings is 1. The highest BCUT2D eigenvalue weighted by Crippen LogP contribution is 2.38. The molecule has 3 rings (SSSR count). The predicted molar refractivity (Wildman–Crippen MR) is 89.2 cm³/mol. The number of nitrogens with zero attached hydrogens (tertiary/aromatic N) is 3. The fourth-order valence-electron chi connectivity index (χ4n) is 3.74. The Kier molecular flexibility index (Phi) is 4.68. The van der Waals surface area contributed by atoms with Gasteiger partial charge in [-0.15, -0.1) is 0 Å². The van der Waals surface area contributed by atoms with E-state index in [0.717, 1.165) is 32.5 Å². The largest absolute Gasteiger partial charge is 0.386 e.